The van der Waals surface area contributed by atoms with Gasteiger partial charge in [0, 0.05) is 18.2 Å². The SMILES string of the molecule is CC(C)CN(CC(=O)Nc1ccon1)C(=O)c1cccc(C(F)(F)F)c1. The number of halogens is 3. The van der Waals surface area contributed by atoms with E-state index in [4.69, 9.17) is 0 Å². The fourth-order valence-corrected chi connectivity index (χ4v) is 2.30. The average Bonchev–Trinajstić information content (AvgIpc) is 3.05. The van der Waals surface area contributed by atoms with Gasteiger partial charge in [-0.2, -0.15) is 13.2 Å². The zero-order valence-electron chi connectivity index (χ0n) is 14.2. The molecule has 1 heterocycles. The van der Waals surface area contributed by atoms with Gasteiger partial charge in [0.05, 0.1) is 5.56 Å². The number of amides is 2. The van der Waals surface area contributed by atoms with Gasteiger partial charge in [0.15, 0.2) is 5.82 Å². The molecule has 0 bridgehead atoms. The lowest BCUT2D eigenvalue weighted by Crippen LogP contribution is -2.40. The minimum atomic E-state index is -4.55. The van der Waals surface area contributed by atoms with E-state index in [2.05, 4.69) is 15.0 Å². The van der Waals surface area contributed by atoms with Gasteiger partial charge in [0.25, 0.3) is 5.91 Å². The van der Waals surface area contributed by atoms with E-state index in [1.165, 1.54) is 29.4 Å². The molecule has 1 N–H and O–H groups in total. The van der Waals surface area contributed by atoms with Crippen molar-refractivity contribution in [1.29, 1.82) is 0 Å². The Labute approximate surface area is 148 Å². The Morgan fingerprint density at radius 3 is 2.58 bits per heavy atom. The van der Waals surface area contributed by atoms with Gasteiger partial charge in [-0.1, -0.05) is 25.1 Å². The van der Waals surface area contributed by atoms with Gasteiger partial charge in [-0.05, 0) is 24.1 Å². The Morgan fingerprint density at radius 2 is 2.00 bits per heavy atom. The Kier molecular flexibility index (Phi) is 6.01. The molecule has 0 unspecified atom stereocenters. The highest BCUT2D eigenvalue weighted by atomic mass is 19.4. The molecule has 1 aromatic carbocycles. The van der Waals surface area contributed by atoms with Crippen LogP contribution in [0.4, 0.5) is 19.0 Å². The molecule has 2 aromatic rings. The maximum absolute atomic E-state index is 12.9. The van der Waals surface area contributed by atoms with Crippen molar-refractivity contribution in [3.05, 3.63) is 47.7 Å². The number of hydrogen-bond donors (Lipinski definition) is 1. The van der Waals surface area contributed by atoms with Crippen molar-refractivity contribution in [3.8, 4) is 0 Å². The molecule has 140 valence electrons. The Morgan fingerprint density at radius 1 is 1.27 bits per heavy atom. The summed E-state index contributed by atoms with van der Waals surface area (Å²) in [5, 5.41) is 5.98. The van der Waals surface area contributed by atoms with Gasteiger partial charge < -0.3 is 14.7 Å². The second-order valence-electron chi connectivity index (χ2n) is 6.09. The smallest absolute Gasteiger partial charge is 0.363 e. The molecule has 1 aromatic heterocycles. The van der Waals surface area contributed by atoms with Crippen LogP contribution in [0.5, 0.6) is 0 Å². The van der Waals surface area contributed by atoms with E-state index in [9.17, 15) is 22.8 Å². The van der Waals surface area contributed by atoms with Crippen LogP contribution < -0.4 is 5.32 Å². The number of rotatable bonds is 6. The molecule has 2 rings (SSSR count). The fraction of sp³-hybridized carbons (Fsp3) is 0.353. The summed E-state index contributed by atoms with van der Waals surface area (Å²) in [7, 11) is 0. The molecule has 6 nitrogen and oxygen atoms in total. The van der Waals surface area contributed by atoms with Gasteiger partial charge in [-0.15, -0.1) is 0 Å². The second-order valence-corrected chi connectivity index (χ2v) is 6.09. The van der Waals surface area contributed by atoms with Crippen LogP contribution in [0.25, 0.3) is 0 Å². The van der Waals surface area contributed by atoms with Crippen molar-refractivity contribution < 1.29 is 27.3 Å². The standard InChI is InChI=1S/C17H18F3N3O3/c1-11(2)9-23(10-15(24)21-14-6-7-26-22-14)16(25)12-4-3-5-13(8-12)17(18,19)20/h3-8,11H,9-10H2,1-2H3,(H,21,22,24). The molecule has 0 saturated carbocycles. The topological polar surface area (TPSA) is 75.4 Å². The Balaban J connectivity index is 2.17. The number of anilines is 1. The van der Waals surface area contributed by atoms with Crippen LogP contribution in [0.15, 0.2) is 41.1 Å². The average molecular weight is 369 g/mol. The van der Waals surface area contributed by atoms with Crippen molar-refractivity contribution in [3.63, 3.8) is 0 Å². The molecular formula is C17H18F3N3O3. The second kappa shape index (κ2) is 8.03. The molecule has 0 fully saturated rings. The number of nitrogens with zero attached hydrogens (tertiary/aromatic N) is 2. The Bertz CT molecular complexity index is 758. The first-order valence-corrected chi connectivity index (χ1v) is 7.83. The number of benzene rings is 1. The maximum atomic E-state index is 12.9. The van der Waals surface area contributed by atoms with E-state index in [0.717, 1.165) is 12.1 Å². The summed E-state index contributed by atoms with van der Waals surface area (Å²) < 4.78 is 43.2. The third kappa shape index (κ3) is 5.33. The number of carbonyl (C=O) groups is 2. The zero-order valence-corrected chi connectivity index (χ0v) is 14.2. The third-order valence-electron chi connectivity index (χ3n) is 3.35. The van der Waals surface area contributed by atoms with E-state index >= 15 is 0 Å². The molecule has 2 amide bonds. The largest absolute Gasteiger partial charge is 0.416 e. The summed E-state index contributed by atoms with van der Waals surface area (Å²) in [5.74, 6) is -0.976. The highest BCUT2D eigenvalue weighted by Gasteiger charge is 2.31. The molecule has 0 aliphatic heterocycles. The Hall–Kier alpha value is -2.84. The van der Waals surface area contributed by atoms with E-state index in [0.29, 0.717) is 0 Å². The van der Waals surface area contributed by atoms with Gasteiger partial charge in [0.2, 0.25) is 5.91 Å². The molecule has 0 radical (unpaired) electrons. The number of carbonyl (C=O) groups excluding carboxylic acids is 2. The summed E-state index contributed by atoms with van der Waals surface area (Å²) >= 11 is 0. The number of nitrogens with one attached hydrogen (secondary N) is 1. The van der Waals surface area contributed by atoms with Gasteiger partial charge >= 0.3 is 6.18 Å². The predicted octanol–water partition coefficient (Wildman–Crippen LogP) is 3.43. The van der Waals surface area contributed by atoms with E-state index in [1.54, 1.807) is 0 Å². The minimum Gasteiger partial charge on any atom is -0.363 e. The fourth-order valence-electron chi connectivity index (χ4n) is 2.30. The number of hydrogen-bond acceptors (Lipinski definition) is 4. The van der Waals surface area contributed by atoms with Crippen LogP contribution in [0.2, 0.25) is 0 Å². The van der Waals surface area contributed by atoms with Crippen molar-refractivity contribution in [2.45, 2.75) is 20.0 Å². The predicted molar refractivity (Wildman–Crippen MR) is 87.3 cm³/mol. The summed E-state index contributed by atoms with van der Waals surface area (Å²) in [5.41, 5.74) is -1.05. The lowest BCUT2D eigenvalue weighted by molar-refractivity contribution is -0.137. The maximum Gasteiger partial charge on any atom is 0.416 e. The van der Waals surface area contributed by atoms with E-state index in [-0.39, 0.29) is 30.4 Å². The third-order valence-corrected chi connectivity index (χ3v) is 3.35. The summed E-state index contributed by atoms with van der Waals surface area (Å²) in [6, 6.07) is 5.56. The molecule has 9 heteroatoms. The van der Waals surface area contributed by atoms with E-state index < -0.39 is 23.6 Å². The summed E-state index contributed by atoms with van der Waals surface area (Å²) in [6.45, 7) is 3.56. The van der Waals surface area contributed by atoms with Crippen molar-refractivity contribution in [2.24, 2.45) is 5.92 Å². The summed E-state index contributed by atoms with van der Waals surface area (Å²) in [6.07, 6.45) is -3.28. The molecule has 0 saturated heterocycles. The normalized spacial score (nSPS) is 11.5. The monoisotopic (exact) mass is 369 g/mol. The summed E-state index contributed by atoms with van der Waals surface area (Å²) in [4.78, 5) is 25.9. The van der Waals surface area contributed by atoms with Crippen LogP contribution in [0.3, 0.4) is 0 Å². The number of aromatic nitrogens is 1. The molecule has 0 atom stereocenters. The van der Waals surface area contributed by atoms with Gasteiger partial charge in [0.1, 0.15) is 12.8 Å². The van der Waals surface area contributed by atoms with Crippen molar-refractivity contribution in [1.82, 2.24) is 10.1 Å². The van der Waals surface area contributed by atoms with Gasteiger partial charge in [-0.25, -0.2) is 0 Å². The first kappa shape index (κ1) is 19.5. The zero-order chi connectivity index (χ0) is 19.3. The quantitative estimate of drug-likeness (QED) is 0.846. The molecule has 26 heavy (non-hydrogen) atoms. The highest BCUT2D eigenvalue weighted by Crippen LogP contribution is 2.29. The molecule has 0 aliphatic carbocycles. The van der Waals surface area contributed by atoms with Gasteiger partial charge in [-0.3, -0.25) is 9.59 Å². The van der Waals surface area contributed by atoms with Crippen molar-refractivity contribution in [2.75, 3.05) is 18.4 Å². The minimum absolute atomic E-state index is 0.0181. The lowest BCUT2D eigenvalue weighted by atomic mass is 10.1. The first-order valence-electron chi connectivity index (χ1n) is 7.83. The van der Waals surface area contributed by atoms with Crippen LogP contribution >= 0.6 is 0 Å². The van der Waals surface area contributed by atoms with E-state index in [1.807, 2.05) is 13.8 Å². The lowest BCUT2D eigenvalue weighted by Gasteiger charge is -2.24. The van der Waals surface area contributed by atoms with Crippen molar-refractivity contribution >= 4 is 17.6 Å². The molecule has 0 spiro atoms. The van der Waals surface area contributed by atoms with Crippen LogP contribution in [-0.4, -0.2) is 35.0 Å². The van der Waals surface area contributed by atoms with Crippen LogP contribution in [-0.2, 0) is 11.0 Å². The molecule has 0 aliphatic rings. The van der Waals surface area contributed by atoms with Crippen LogP contribution in [0, 0.1) is 5.92 Å². The first-order chi connectivity index (χ1) is 12.2. The number of alkyl halides is 3. The highest BCUT2D eigenvalue weighted by molar-refractivity contribution is 5.99. The van der Waals surface area contributed by atoms with Crippen LogP contribution in [0.1, 0.15) is 29.8 Å². The molecular weight excluding hydrogens is 351 g/mol.